The van der Waals surface area contributed by atoms with Crippen LogP contribution in [0, 0.1) is 0 Å². The second-order valence-electron chi connectivity index (χ2n) is 7.81. The highest BCUT2D eigenvalue weighted by molar-refractivity contribution is 7.98. The van der Waals surface area contributed by atoms with Gasteiger partial charge in [-0.25, -0.2) is 14.8 Å². The fourth-order valence-electron chi connectivity index (χ4n) is 4.54. The summed E-state index contributed by atoms with van der Waals surface area (Å²) in [6, 6.07) is 4.56. The predicted octanol–water partition coefficient (Wildman–Crippen LogP) is 3.70. The maximum absolute atomic E-state index is 11.2. The monoisotopic (exact) mass is 416 g/mol. The van der Waals surface area contributed by atoms with Crippen LogP contribution in [0.15, 0.2) is 21.8 Å². The van der Waals surface area contributed by atoms with Crippen LogP contribution in [0.4, 0.5) is 16.3 Å². The largest absolute Gasteiger partial charge is 0.465 e. The van der Waals surface area contributed by atoms with Gasteiger partial charge in [-0.2, -0.15) is 0 Å². The molecule has 2 atom stereocenters. The van der Waals surface area contributed by atoms with E-state index in [4.69, 9.17) is 14.3 Å². The van der Waals surface area contributed by atoms with Crippen LogP contribution in [0.2, 0.25) is 0 Å². The van der Waals surface area contributed by atoms with Gasteiger partial charge in [-0.15, -0.1) is 0 Å². The van der Waals surface area contributed by atoms with E-state index in [1.807, 2.05) is 6.07 Å². The third-order valence-corrected chi connectivity index (χ3v) is 6.67. The van der Waals surface area contributed by atoms with Gasteiger partial charge in [0.15, 0.2) is 0 Å². The number of oxazole rings is 1. The Hall–Kier alpha value is -2.26. The number of thioether (sulfide) groups is 1. The van der Waals surface area contributed by atoms with Gasteiger partial charge in [-0.05, 0) is 38.2 Å². The Balaban J connectivity index is 1.38. The molecule has 154 valence electrons. The summed E-state index contributed by atoms with van der Waals surface area (Å²) in [6.07, 6.45) is 5.35. The maximum atomic E-state index is 11.2. The molecule has 2 unspecified atom stereocenters. The van der Waals surface area contributed by atoms with Crippen molar-refractivity contribution in [1.82, 2.24) is 9.97 Å². The molecule has 2 bridgehead atoms. The molecule has 2 aromatic rings. The van der Waals surface area contributed by atoms with Crippen molar-refractivity contribution in [3.8, 4) is 0 Å². The minimum absolute atomic E-state index is 0.341. The van der Waals surface area contributed by atoms with Crippen molar-refractivity contribution in [3.05, 3.63) is 29.3 Å². The molecule has 9 heteroatoms. The highest BCUT2D eigenvalue weighted by atomic mass is 32.2. The number of anilines is 2. The first-order chi connectivity index (χ1) is 14.2. The van der Waals surface area contributed by atoms with Crippen LogP contribution in [-0.2, 0) is 23.3 Å². The number of fused-ring (bicyclic) bond motifs is 3. The molecule has 1 aliphatic carbocycles. The number of nitrogens with one attached hydrogen (secondary N) is 1. The molecule has 3 aliphatic rings. The molecule has 0 radical (unpaired) electrons. The van der Waals surface area contributed by atoms with E-state index < -0.39 is 6.09 Å². The average Bonchev–Trinajstić information content (AvgIpc) is 3.23. The molecule has 0 aromatic carbocycles. The van der Waals surface area contributed by atoms with Crippen LogP contribution in [0.5, 0.6) is 0 Å². The molecule has 5 rings (SSSR count). The van der Waals surface area contributed by atoms with Crippen LogP contribution >= 0.6 is 11.8 Å². The lowest BCUT2D eigenvalue weighted by atomic mass is 10.0. The van der Waals surface area contributed by atoms with Crippen LogP contribution in [0.3, 0.4) is 0 Å². The second kappa shape index (κ2) is 7.87. The number of aryl methyl sites for hydroxylation is 2. The lowest BCUT2D eigenvalue weighted by Crippen LogP contribution is -2.46. The smallest absolute Gasteiger partial charge is 0.410 e. The quantitative estimate of drug-likeness (QED) is 0.712. The summed E-state index contributed by atoms with van der Waals surface area (Å²) in [5.74, 6) is 1.93. The highest BCUT2D eigenvalue weighted by Gasteiger charge is 2.37. The number of hydrogen-bond acceptors (Lipinski definition) is 7. The van der Waals surface area contributed by atoms with Crippen molar-refractivity contribution in [2.24, 2.45) is 0 Å². The van der Waals surface area contributed by atoms with E-state index in [-0.39, 0.29) is 0 Å². The van der Waals surface area contributed by atoms with Gasteiger partial charge in [0, 0.05) is 23.9 Å². The summed E-state index contributed by atoms with van der Waals surface area (Å²) < 4.78 is 11.6. The summed E-state index contributed by atoms with van der Waals surface area (Å²) in [4.78, 5) is 22.7. The molecule has 0 saturated carbocycles. The summed E-state index contributed by atoms with van der Waals surface area (Å²) >= 11 is 1.51. The van der Waals surface area contributed by atoms with Gasteiger partial charge >= 0.3 is 6.09 Å². The molecule has 8 nitrogen and oxygen atoms in total. The van der Waals surface area contributed by atoms with Gasteiger partial charge in [-0.3, -0.25) is 5.32 Å². The molecule has 2 aliphatic heterocycles. The minimum atomic E-state index is -1.11. The van der Waals surface area contributed by atoms with Crippen molar-refractivity contribution >= 4 is 29.4 Å². The zero-order valence-electron chi connectivity index (χ0n) is 16.1. The first kappa shape index (κ1) is 18.7. The number of nitrogens with zero attached hydrogens (tertiary/aromatic N) is 3. The minimum Gasteiger partial charge on any atom is -0.465 e. The predicted molar refractivity (Wildman–Crippen MR) is 109 cm³/mol. The van der Waals surface area contributed by atoms with Gasteiger partial charge < -0.3 is 19.2 Å². The van der Waals surface area contributed by atoms with E-state index in [1.165, 1.54) is 18.2 Å². The van der Waals surface area contributed by atoms with Gasteiger partial charge in [0.2, 0.25) is 0 Å². The standard InChI is InChI=1S/C20H24N4O4S/c25-19(26)23-18-8-15(24-13-5-6-14(24)10-27-9-13)7-12(21-18)11-29-20-22-16-3-1-2-4-17(16)28-20/h7-8,13-14H,1-6,9-11H2,(H,21,23)(H,25,26). The van der Waals surface area contributed by atoms with Gasteiger partial charge in [0.05, 0.1) is 36.7 Å². The number of rotatable bonds is 5. The Labute approximate surface area is 173 Å². The molecule has 2 aromatic heterocycles. The van der Waals surface area contributed by atoms with E-state index in [0.29, 0.717) is 42.1 Å². The van der Waals surface area contributed by atoms with E-state index >= 15 is 0 Å². The van der Waals surface area contributed by atoms with Gasteiger partial charge in [-0.1, -0.05) is 11.8 Å². The van der Waals surface area contributed by atoms with E-state index in [9.17, 15) is 4.79 Å². The molecule has 2 fully saturated rings. The Morgan fingerprint density at radius 3 is 2.76 bits per heavy atom. The second-order valence-corrected chi connectivity index (χ2v) is 8.73. The Kier molecular flexibility index (Phi) is 5.09. The zero-order chi connectivity index (χ0) is 19.8. The molecule has 1 amide bonds. The Morgan fingerprint density at radius 2 is 2.00 bits per heavy atom. The molecule has 29 heavy (non-hydrogen) atoms. The fourth-order valence-corrected chi connectivity index (χ4v) is 5.30. The summed E-state index contributed by atoms with van der Waals surface area (Å²) in [5, 5.41) is 12.2. The van der Waals surface area contributed by atoms with Crippen LogP contribution < -0.4 is 10.2 Å². The maximum Gasteiger partial charge on any atom is 0.410 e. The zero-order valence-corrected chi connectivity index (χ0v) is 16.9. The number of carboxylic acid groups (broad SMARTS) is 1. The molecule has 2 saturated heterocycles. The van der Waals surface area contributed by atoms with E-state index in [2.05, 4.69) is 26.3 Å². The number of ether oxygens (including phenoxy) is 1. The van der Waals surface area contributed by atoms with Crippen molar-refractivity contribution in [1.29, 1.82) is 0 Å². The van der Waals surface area contributed by atoms with Crippen molar-refractivity contribution < 1.29 is 19.1 Å². The number of carbonyl (C=O) groups is 1. The SMILES string of the molecule is O=C(O)Nc1cc(N2C3CCC2COC3)cc(CSc2nc3c(o2)CCCC3)n1. The van der Waals surface area contributed by atoms with E-state index in [1.54, 1.807) is 0 Å². The summed E-state index contributed by atoms with van der Waals surface area (Å²) in [5.41, 5.74) is 2.89. The number of hydrogen-bond donors (Lipinski definition) is 2. The molecular weight excluding hydrogens is 392 g/mol. The fraction of sp³-hybridized carbons (Fsp3) is 0.550. The number of amides is 1. The van der Waals surface area contributed by atoms with Gasteiger partial charge in [0.1, 0.15) is 11.6 Å². The Morgan fingerprint density at radius 1 is 1.21 bits per heavy atom. The van der Waals surface area contributed by atoms with Crippen molar-refractivity contribution in [2.45, 2.75) is 61.6 Å². The van der Waals surface area contributed by atoms with Crippen LogP contribution in [-0.4, -0.2) is 46.5 Å². The third kappa shape index (κ3) is 3.93. The lowest BCUT2D eigenvalue weighted by Gasteiger charge is -2.36. The highest BCUT2D eigenvalue weighted by Crippen LogP contribution is 2.36. The van der Waals surface area contributed by atoms with Crippen molar-refractivity contribution in [3.63, 3.8) is 0 Å². The number of aromatic nitrogens is 2. The molecule has 0 spiro atoms. The Bertz CT molecular complexity index is 878. The first-order valence-electron chi connectivity index (χ1n) is 10.1. The molecular formula is C20H24N4O4S. The van der Waals surface area contributed by atoms with Crippen LogP contribution in [0.1, 0.15) is 42.8 Å². The van der Waals surface area contributed by atoms with E-state index in [0.717, 1.165) is 54.9 Å². The van der Waals surface area contributed by atoms with Gasteiger partial charge in [0.25, 0.3) is 5.22 Å². The topological polar surface area (TPSA) is 101 Å². The first-order valence-corrected chi connectivity index (χ1v) is 11.1. The van der Waals surface area contributed by atoms with Crippen LogP contribution in [0.25, 0.3) is 0 Å². The summed E-state index contributed by atoms with van der Waals surface area (Å²) in [7, 11) is 0. The lowest BCUT2D eigenvalue weighted by molar-refractivity contribution is 0.0906. The third-order valence-electron chi connectivity index (χ3n) is 5.81. The number of pyridine rings is 1. The molecule has 4 heterocycles. The van der Waals surface area contributed by atoms with Crippen molar-refractivity contribution in [2.75, 3.05) is 23.4 Å². The average molecular weight is 417 g/mol. The summed E-state index contributed by atoms with van der Waals surface area (Å²) in [6.45, 7) is 1.43. The number of morpholine rings is 1. The molecule has 2 N–H and O–H groups in total. The normalized spacial score (nSPS) is 23.1.